The van der Waals surface area contributed by atoms with Crippen LogP contribution in [0.1, 0.15) is 124 Å². The first-order valence-electron chi connectivity index (χ1n) is 17.5. The summed E-state index contributed by atoms with van der Waals surface area (Å²) in [6, 6.07) is 0. The van der Waals surface area contributed by atoms with Gasteiger partial charge >= 0.3 is 11.9 Å². The Hall–Kier alpha value is -3.10. The van der Waals surface area contributed by atoms with E-state index in [-0.39, 0.29) is 80.1 Å². The van der Waals surface area contributed by atoms with Gasteiger partial charge in [0.15, 0.2) is 17.3 Å². The second kappa shape index (κ2) is 11.0. The van der Waals surface area contributed by atoms with E-state index in [9.17, 15) is 19.2 Å². The van der Waals surface area contributed by atoms with Gasteiger partial charge in [0.05, 0.1) is 7.11 Å². The minimum atomic E-state index is -0.724. The molecule has 0 radical (unpaired) electrons. The molecule has 9 heteroatoms. The van der Waals surface area contributed by atoms with E-state index < -0.39 is 11.4 Å². The summed E-state index contributed by atoms with van der Waals surface area (Å²) in [6.07, 6.45) is 12.6. The van der Waals surface area contributed by atoms with E-state index in [1.165, 1.54) is 32.0 Å². The summed E-state index contributed by atoms with van der Waals surface area (Å²) < 4.78 is 10.7. The maximum absolute atomic E-state index is 14.7. The maximum Gasteiger partial charge on any atom is 0.360 e. The molecule has 5 aliphatic carbocycles. The van der Waals surface area contributed by atoms with E-state index in [4.69, 9.17) is 9.47 Å². The lowest BCUT2D eigenvalue weighted by atomic mass is 9.33. The molecule has 1 amide bonds. The smallest absolute Gasteiger partial charge is 0.360 e. The molecule has 0 spiro atoms. The van der Waals surface area contributed by atoms with E-state index in [2.05, 4.69) is 56.8 Å². The number of anilines is 1. The summed E-state index contributed by atoms with van der Waals surface area (Å²) in [7, 11) is 1.28. The van der Waals surface area contributed by atoms with E-state index in [0.29, 0.717) is 12.8 Å². The molecule has 5 aliphatic rings. The summed E-state index contributed by atoms with van der Waals surface area (Å²) in [6.45, 7) is 17.5. The maximum atomic E-state index is 14.7. The fraction of sp³-hybridized carbons (Fsp3) is 0.737. The summed E-state index contributed by atoms with van der Waals surface area (Å²) in [5.74, 6) is -0.516. The normalized spacial score (nSPS) is 42.0. The van der Waals surface area contributed by atoms with Crippen molar-refractivity contribution in [2.75, 3.05) is 12.4 Å². The van der Waals surface area contributed by atoms with Crippen molar-refractivity contribution in [3.05, 3.63) is 29.7 Å². The minimum absolute atomic E-state index is 0.0104. The van der Waals surface area contributed by atoms with E-state index in [1.807, 2.05) is 13.0 Å². The Kier molecular flexibility index (Phi) is 7.88. The first-order chi connectivity index (χ1) is 21.9. The minimum Gasteiger partial charge on any atom is -0.464 e. The predicted molar refractivity (Wildman–Crippen MR) is 177 cm³/mol. The molecule has 0 aliphatic heterocycles. The fourth-order valence-electron chi connectivity index (χ4n) is 11.7. The van der Waals surface area contributed by atoms with Crippen molar-refractivity contribution in [1.82, 2.24) is 9.97 Å². The molecule has 47 heavy (non-hydrogen) atoms. The summed E-state index contributed by atoms with van der Waals surface area (Å²) in [5.41, 5.74) is -0.364. The Morgan fingerprint density at radius 2 is 1.57 bits per heavy atom. The fourth-order valence-corrected chi connectivity index (χ4v) is 11.7. The second-order valence-electron chi connectivity index (χ2n) is 17.4. The van der Waals surface area contributed by atoms with Gasteiger partial charge in [-0.3, -0.25) is 14.4 Å². The number of nitrogens with one attached hydrogen (secondary N) is 1. The van der Waals surface area contributed by atoms with Crippen molar-refractivity contribution in [1.29, 1.82) is 0 Å². The average Bonchev–Trinajstić information content (AvgIpc) is 3.00. The van der Waals surface area contributed by atoms with Crippen molar-refractivity contribution >= 4 is 29.4 Å². The van der Waals surface area contributed by atoms with Crippen molar-refractivity contribution < 1.29 is 28.7 Å². The highest BCUT2D eigenvalue weighted by Crippen LogP contribution is 2.75. The van der Waals surface area contributed by atoms with Crippen LogP contribution in [-0.4, -0.2) is 46.8 Å². The zero-order chi connectivity index (χ0) is 34.4. The van der Waals surface area contributed by atoms with Gasteiger partial charge < -0.3 is 14.8 Å². The Labute approximate surface area is 279 Å². The molecule has 0 aromatic carbocycles. The van der Waals surface area contributed by atoms with Crippen LogP contribution in [0.25, 0.3) is 0 Å². The molecule has 9 atom stereocenters. The number of allylic oxidation sites excluding steroid dienone is 2. The molecule has 9 nitrogen and oxygen atoms in total. The molecule has 1 N–H and O–H groups in total. The van der Waals surface area contributed by atoms with Crippen LogP contribution in [0.5, 0.6) is 0 Å². The third kappa shape index (κ3) is 4.83. The number of carbonyl (C=O) groups is 4. The highest BCUT2D eigenvalue weighted by Gasteiger charge is 2.70. The number of hydrogen-bond acceptors (Lipinski definition) is 8. The van der Waals surface area contributed by atoms with E-state index in [0.717, 1.165) is 44.9 Å². The van der Waals surface area contributed by atoms with E-state index in [1.54, 1.807) is 0 Å². The number of aromatic nitrogens is 2. The number of amides is 1. The number of esters is 2. The van der Waals surface area contributed by atoms with Gasteiger partial charge in [0.1, 0.15) is 6.10 Å². The summed E-state index contributed by atoms with van der Waals surface area (Å²) in [4.78, 5) is 61.4. The van der Waals surface area contributed by atoms with Crippen LogP contribution < -0.4 is 5.32 Å². The highest BCUT2D eigenvalue weighted by atomic mass is 16.5. The molecule has 0 bridgehead atoms. The first-order valence-corrected chi connectivity index (χ1v) is 17.5. The molecule has 1 heterocycles. The molecule has 1 aromatic rings. The number of hydrogen-bond donors (Lipinski definition) is 1. The van der Waals surface area contributed by atoms with Crippen LogP contribution in [0.3, 0.4) is 0 Å². The quantitative estimate of drug-likeness (QED) is 0.343. The predicted octanol–water partition coefficient (Wildman–Crippen LogP) is 7.11. The van der Waals surface area contributed by atoms with Gasteiger partial charge in [-0.05, 0) is 97.4 Å². The number of methoxy groups -OCH3 is 1. The van der Waals surface area contributed by atoms with Crippen molar-refractivity contribution in [2.24, 2.45) is 50.2 Å². The van der Waals surface area contributed by atoms with Crippen molar-refractivity contribution in [3.63, 3.8) is 0 Å². The lowest BCUT2D eigenvalue weighted by molar-refractivity contribution is -0.210. The SMILES string of the molecule is COC(=O)c1nccnc1NC(=O)C1(C)CCC2(C)CCC3(C)C(=CC(=O)C4C5(C)CCC(OC(C)=O)C(C)(C)C5CCC43C)C2C1. The topological polar surface area (TPSA) is 125 Å². The molecule has 1 aromatic heterocycles. The number of ketones is 1. The third-order valence-corrected chi connectivity index (χ3v) is 14.7. The Morgan fingerprint density at radius 1 is 0.894 bits per heavy atom. The van der Waals surface area contributed by atoms with Gasteiger partial charge in [-0.1, -0.05) is 54.0 Å². The Morgan fingerprint density at radius 3 is 2.26 bits per heavy atom. The zero-order valence-corrected chi connectivity index (χ0v) is 29.7. The molecular formula is C38H53N3O6. The van der Waals surface area contributed by atoms with Gasteiger partial charge in [0.25, 0.3) is 0 Å². The molecule has 4 fully saturated rings. The van der Waals surface area contributed by atoms with Gasteiger partial charge in [0, 0.05) is 36.1 Å². The third-order valence-electron chi connectivity index (χ3n) is 14.7. The first kappa shape index (κ1) is 33.8. The lowest BCUT2D eigenvalue weighted by Crippen LogP contribution is -2.66. The summed E-state index contributed by atoms with van der Waals surface area (Å²) in [5, 5.41) is 2.91. The number of fused-ring (bicyclic) bond motifs is 7. The van der Waals surface area contributed by atoms with Crippen LogP contribution >= 0.6 is 0 Å². The van der Waals surface area contributed by atoms with Gasteiger partial charge in [-0.25, -0.2) is 14.8 Å². The van der Waals surface area contributed by atoms with Crippen molar-refractivity contribution in [2.45, 2.75) is 119 Å². The van der Waals surface area contributed by atoms with Crippen LogP contribution in [0.4, 0.5) is 5.82 Å². The standard InChI is InChI=1S/C38H53N3O6/c1-22(42)47-27-11-12-36(6)26(33(27,2)3)10-13-38(8)29(36)25(43)20-23-24-21-35(5,15-14-34(24,4)16-17-37(23,38)7)32(45)41-30-28(31(44)46-9)39-18-19-40-30/h18-20,24,26-27,29H,10-17,21H2,1-9H3,(H,40,41,45). The average molecular weight is 648 g/mol. The molecule has 256 valence electrons. The monoisotopic (exact) mass is 647 g/mol. The molecule has 0 saturated heterocycles. The van der Waals surface area contributed by atoms with Gasteiger partial charge in [0.2, 0.25) is 5.91 Å². The molecule has 9 unspecified atom stereocenters. The Balaban J connectivity index is 1.34. The number of nitrogens with zero attached hydrogens (tertiary/aromatic N) is 2. The molecule has 6 rings (SSSR count). The second-order valence-corrected chi connectivity index (χ2v) is 17.4. The number of ether oxygens (including phenoxy) is 2. The Bertz CT molecular complexity index is 1550. The van der Waals surface area contributed by atoms with Gasteiger partial charge in [-0.15, -0.1) is 0 Å². The number of carbonyl (C=O) groups excluding carboxylic acids is 4. The highest BCUT2D eigenvalue weighted by molar-refractivity contribution is 6.00. The zero-order valence-electron chi connectivity index (χ0n) is 29.7. The van der Waals surface area contributed by atoms with Crippen LogP contribution in [0.2, 0.25) is 0 Å². The summed E-state index contributed by atoms with van der Waals surface area (Å²) >= 11 is 0. The lowest BCUT2D eigenvalue weighted by Gasteiger charge is -2.70. The van der Waals surface area contributed by atoms with Crippen LogP contribution in [0.15, 0.2) is 24.0 Å². The van der Waals surface area contributed by atoms with E-state index >= 15 is 0 Å². The van der Waals surface area contributed by atoms with Crippen LogP contribution in [0, 0.1) is 50.2 Å². The number of rotatable bonds is 4. The largest absolute Gasteiger partial charge is 0.464 e. The molecular weight excluding hydrogens is 594 g/mol. The van der Waals surface area contributed by atoms with Crippen molar-refractivity contribution in [3.8, 4) is 0 Å². The van der Waals surface area contributed by atoms with Crippen LogP contribution in [-0.2, 0) is 23.9 Å². The van der Waals surface area contributed by atoms with Gasteiger partial charge in [-0.2, -0.15) is 0 Å². The molecule has 4 saturated carbocycles.